The molecular weight excluding hydrogens is 568 g/mol. The molecule has 0 aliphatic heterocycles. The van der Waals surface area contributed by atoms with E-state index in [0.717, 1.165) is 29.7 Å². The Morgan fingerprint density at radius 1 is 1.00 bits per heavy atom. The number of hydrogen-bond donors (Lipinski definition) is 1. The Kier molecular flexibility index (Phi) is 8.58. The summed E-state index contributed by atoms with van der Waals surface area (Å²) in [6.45, 7) is 21.7. The first-order valence-electron chi connectivity index (χ1n) is 18.6. The normalized spacial score (nSPS) is 40.2. The number of esters is 1. The lowest BCUT2D eigenvalue weighted by molar-refractivity contribution is -0.179. The Hall–Kier alpha value is -2.23. The standard InChI is InChI=1S/C42H62O4/c1-10-30(27(2)3)14-11-28(4)31-19-21-40(8)35-17-16-34-38(5,6)36(20-22-41(34)26-42(35,41)24-23-39(31,40)7)46-37(44)18-13-29-12-15-32(43)33(25-29)45-9/h12-13,15,18,25,28,30-31,34-36,43H,2,10-11,14,16-17,19-24,26H2,1,3-9H3/t28-,30-,31+,34+,35+,36+,39-,40+,41-,42+/m1/s1. The van der Waals surface area contributed by atoms with Crippen LogP contribution in [0, 0.1) is 56.7 Å². The Morgan fingerprint density at radius 2 is 1.72 bits per heavy atom. The second-order valence-electron chi connectivity index (χ2n) is 17.7. The lowest BCUT2D eigenvalue weighted by Crippen LogP contribution is -2.58. The van der Waals surface area contributed by atoms with Gasteiger partial charge in [-0.15, -0.1) is 0 Å². The molecule has 5 aliphatic rings. The highest BCUT2D eigenvalue weighted by molar-refractivity contribution is 5.87. The summed E-state index contributed by atoms with van der Waals surface area (Å²) in [4.78, 5) is 13.1. The molecule has 1 aromatic carbocycles. The first-order valence-corrected chi connectivity index (χ1v) is 18.6. The molecule has 0 bridgehead atoms. The molecule has 1 N–H and O–H groups in total. The van der Waals surface area contributed by atoms with Crippen molar-refractivity contribution >= 4 is 12.0 Å². The predicted molar refractivity (Wildman–Crippen MR) is 187 cm³/mol. The van der Waals surface area contributed by atoms with Crippen molar-refractivity contribution in [2.75, 3.05) is 7.11 Å². The van der Waals surface area contributed by atoms with Gasteiger partial charge in [0.05, 0.1) is 7.11 Å². The number of hydrogen-bond acceptors (Lipinski definition) is 4. The van der Waals surface area contributed by atoms with Crippen LogP contribution in [0.15, 0.2) is 36.4 Å². The SMILES string of the molecule is C=C(C)[C@H](CC)CC[C@@H](C)[C@@H]1CC[C@@]2(C)[C@@H]3CC[C@H]4C(C)(C)[C@@H](OC(=O)C=Cc5ccc(O)c(OC)c5)CC[C@@]45C[C@@]35CC[C@]12C. The summed E-state index contributed by atoms with van der Waals surface area (Å²) in [7, 11) is 1.53. The molecule has 0 amide bonds. The average molecular weight is 631 g/mol. The molecule has 4 nitrogen and oxygen atoms in total. The van der Waals surface area contributed by atoms with Crippen LogP contribution in [-0.4, -0.2) is 24.3 Å². The average Bonchev–Trinajstić information content (AvgIpc) is 3.59. The van der Waals surface area contributed by atoms with Crippen LogP contribution in [-0.2, 0) is 9.53 Å². The Labute approximate surface area is 279 Å². The Morgan fingerprint density at radius 3 is 2.41 bits per heavy atom. The third kappa shape index (κ3) is 4.92. The Balaban J connectivity index is 1.14. The third-order valence-electron chi connectivity index (χ3n) is 15.8. The molecule has 254 valence electrons. The van der Waals surface area contributed by atoms with Gasteiger partial charge in [-0.2, -0.15) is 0 Å². The van der Waals surface area contributed by atoms with Gasteiger partial charge in [0, 0.05) is 11.5 Å². The van der Waals surface area contributed by atoms with E-state index in [1.807, 2.05) is 0 Å². The number of ether oxygens (including phenoxy) is 2. The minimum atomic E-state index is -0.277. The van der Waals surface area contributed by atoms with Gasteiger partial charge in [0.1, 0.15) is 6.10 Å². The highest BCUT2D eigenvalue weighted by atomic mass is 16.5. The van der Waals surface area contributed by atoms with Gasteiger partial charge in [0.15, 0.2) is 11.5 Å². The van der Waals surface area contributed by atoms with E-state index < -0.39 is 0 Å². The monoisotopic (exact) mass is 630 g/mol. The maximum absolute atomic E-state index is 13.1. The predicted octanol–water partition coefficient (Wildman–Crippen LogP) is 10.8. The number of fused-ring (bicyclic) bond motifs is 2. The number of benzene rings is 1. The van der Waals surface area contributed by atoms with E-state index in [1.165, 1.54) is 89.4 Å². The van der Waals surface area contributed by atoms with Crippen molar-refractivity contribution in [3.05, 3.63) is 42.0 Å². The van der Waals surface area contributed by atoms with Crippen molar-refractivity contribution in [2.45, 2.75) is 132 Å². The van der Waals surface area contributed by atoms with Crippen LogP contribution in [0.4, 0.5) is 0 Å². The number of allylic oxidation sites excluding steroid dienone is 1. The van der Waals surface area contributed by atoms with Crippen LogP contribution < -0.4 is 4.74 Å². The van der Waals surface area contributed by atoms with E-state index in [1.54, 1.807) is 24.3 Å². The van der Waals surface area contributed by atoms with Gasteiger partial charge in [-0.3, -0.25) is 0 Å². The number of carbonyl (C=O) groups is 1. The summed E-state index contributed by atoms with van der Waals surface area (Å²) in [5.41, 5.74) is 3.94. The van der Waals surface area contributed by atoms with Gasteiger partial charge in [0.2, 0.25) is 0 Å². The van der Waals surface area contributed by atoms with E-state index in [0.29, 0.717) is 39.2 Å². The molecule has 0 radical (unpaired) electrons. The molecule has 0 aromatic heterocycles. The topological polar surface area (TPSA) is 55.8 Å². The summed E-state index contributed by atoms with van der Waals surface area (Å²) in [6, 6.07) is 5.09. The van der Waals surface area contributed by atoms with Crippen molar-refractivity contribution in [3.8, 4) is 11.5 Å². The fourth-order valence-corrected chi connectivity index (χ4v) is 13.1. The maximum atomic E-state index is 13.1. The van der Waals surface area contributed by atoms with Crippen LogP contribution in [0.1, 0.15) is 131 Å². The first kappa shape index (κ1) is 33.7. The number of carbonyl (C=O) groups excluding carboxylic acids is 1. The minimum Gasteiger partial charge on any atom is -0.504 e. The van der Waals surface area contributed by atoms with E-state index in [-0.39, 0.29) is 23.2 Å². The fraction of sp³-hybridized carbons (Fsp3) is 0.738. The second-order valence-corrected chi connectivity index (χ2v) is 17.7. The summed E-state index contributed by atoms with van der Waals surface area (Å²) >= 11 is 0. The van der Waals surface area contributed by atoms with Gasteiger partial charge >= 0.3 is 5.97 Å². The highest BCUT2D eigenvalue weighted by Crippen LogP contribution is 2.89. The van der Waals surface area contributed by atoms with E-state index in [9.17, 15) is 9.90 Å². The molecular formula is C42H62O4. The lowest BCUT2D eigenvalue weighted by Gasteiger charge is -2.63. The van der Waals surface area contributed by atoms with Crippen molar-refractivity contribution < 1.29 is 19.4 Å². The molecule has 6 rings (SSSR count). The Bertz CT molecular complexity index is 1380. The molecule has 46 heavy (non-hydrogen) atoms. The first-order chi connectivity index (χ1) is 21.7. The number of methoxy groups -OCH3 is 1. The van der Waals surface area contributed by atoms with Crippen LogP contribution in [0.2, 0.25) is 0 Å². The maximum Gasteiger partial charge on any atom is 0.331 e. The molecule has 0 heterocycles. The largest absolute Gasteiger partial charge is 0.504 e. The van der Waals surface area contributed by atoms with Gasteiger partial charge in [-0.05, 0) is 159 Å². The van der Waals surface area contributed by atoms with Crippen molar-refractivity contribution in [3.63, 3.8) is 0 Å². The summed E-state index contributed by atoms with van der Waals surface area (Å²) in [5.74, 6) is 3.96. The molecule has 5 saturated carbocycles. The minimum absolute atomic E-state index is 0.0363. The van der Waals surface area contributed by atoms with Gasteiger partial charge in [-0.25, -0.2) is 4.79 Å². The van der Waals surface area contributed by atoms with Crippen LogP contribution >= 0.6 is 0 Å². The molecule has 5 aliphatic carbocycles. The van der Waals surface area contributed by atoms with E-state index in [2.05, 4.69) is 55.0 Å². The van der Waals surface area contributed by atoms with Crippen molar-refractivity contribution in [1.29, 1.82) is 0 Å². The number of aromatic hydroxyl groups is 1. The zero-order valence-corrected chi connectivity index (χ0v) is 30.2. The molecule has 1 aromatic rings. The zero-order valence-electron chi connectivity index (χ0n) is 30.2. The van der Waals surface area contributed by atoms with Crippen LogP contribution in [0.3, 0.4) is 0 Å². The van der Waals surface area contributed by atoms with Gasteiger partial charge < -0.3 is 14.6 Å². The number of phenols is 1. The van der Waals surface area contributed by atoms with Gasteiger partial charge in [-0.1, -0.05) is 59.8 Å². The third-order valence-corrected chi connectivity index (χ3v) is 15.8. The lowest BCUT2D eigenvalue weighted by atomic mass is 9.41. The van der Waals surface area contributed by atoms with Crippen LogP contribution in [0.25, 0.3) is 6.08 Å². The molecule has 4 heteroatoms. The van der Waals surface area contributed by atoms with Crippen molar-refractivity contribution in [1.82, 2.24) is 0 Å². The summed E-state index contributed by atoms with van der Waals surface area (Å²) < 4.78 is 11.5. The zero-order chi connectivity index (χ0) is 33.3. The molecule has 0 unspecified atom stereocenters. The highest BCUT2D eigenvalue weighted by Gasteiger charge is 2.82. The quantitative estimate of drug-likeness (QED) is 0.159. The fourth-order valence-electron chi connectivity index (χ4n) is 13.1. The van der Waals surface area contributed by atoms with Gasteiger partial charge in [0.25, 0.3) is 0 Å². The molecule has 10 atom stereocenters. The number of phenolic OH excluding ortho intramolecular Hbond substituents is 1. The van der Waals surface area contributed by atoms with Crippen molar-refractivity contribution in [2.24, 2.45) is 56.7 Å². The smallest absolute Gasteiger partial charge is 0.331 e. The summed E-state index contributed by atoms with van der Waals surface area (Å²) in [5, 5.41) is 9.90. The molecule has 0 saturated heterocycles. The van der Waals surface area contributed by atoms with E-state index in [4.69, 9.17) is 9.47 Å². The van der Waals surface area contributed by atoms with E-state index >= 15 is 0 Å². The molecule has 5 fully saturated rings. The molecule has 2 spiro atoms. The van der Waals surface area contributed by atoms with Crippen LogP contribution in [0.5, 0.6) is 11.5 Å². The number of rotatable bonds is 10. The summed E-state index contributed by atoms with van der Waals surface area (Å²) in [6.07, 6.45) is 18.9. The second kappa shape index (κ2) is 11.7.